The molecular weight excluding hydrogens is 668 g/mol. The molecule has 2 aromatic rings. The number of hydrogen-bond donors (Lipinski definition) is 2. The summed E-state index contributed by atoms with van der Waals surface area (Å²) in [6.07, 6.45) is 7.38. The molecule has 0 radical (unpaired) electrons. The van der Waals surface area contributed by atoms with Crippen LogP contribution in [0.25, 0.3) is 0 Å². The van der Waals surface area contributed by atoms with Crippen LogP contribution in [0, 0.1) is 11.8 Å². The van der Waals surface area contributed by atoms with Gasteiger partial charge in [0.1, 0.15) is 16.8 Å². The largest absolute Gasteiger partial charge is 0.478 e. The van der Waals surface area contributed by atoms with Gasteiger partial charge >= 0.3 is 18.2 Å². The number of hydrogen-bond acceptors (Lipinski definition) is 9. The van der Waals surface area contributed by atoms with Crippen molar-refractivity contribution in [3.05, 3.63) is 34.9 Å². The minimum absolute atomic E-state index is 0. The second-order valence-corrected chi connectivity index (χ2v) is 15.8. The van der Waals surface area contributed by atoms with Gasteiger partial charge in [-0.1, -0.05) is 0 Å². The second kappa shape index (κ2) is 14.4. The van der Waals surface area contributed by atoms with E-state index in [4.69, 9.17) is 14.6 Å². The summed E-state index contributed by atoms with van der Waals surface area (Å²) in [5, 5.41) is 20.8. The molecule has 2 saturated heterocycles. The normalized spacial score (nSPS) is 24.1. The zero-order chi connectivity index (χ0) is 35.2. The van der Waals surface area contributed by atoms with Gasteiger partial charge in [0, 0.05) is 31.7 Å². The predicted octanol–water partition coefficient (Wildman–Crippen LogP) is 3.99. The molecule has 2 aromatic heterocycles. The molecule has 2 saturated carbocycles. The lowest BCUT2D eigenvalue weighted by atomic mass is 10.1. The number of nitrogens with zero attached hydrogens (tertiary/aromatic N) is 7. The van der Waals surface area contributed by atoms with E-state index in [-0.39, 0.29) is 36.5 Å². The van der Waals surface area contributed by atoms with Crippen LogP contribution in [0.2, 0.25) is 0 Å². The predicted molar refractivity (Wildman–Crippen MR) is 184 cm³/mol. The lowest BCUT2D eigenvalue weighted by Crippen LogP contribution is -2.42. The average molecular weight is 719 g/mol. The van der Waals surface area contributed by atoms with Gasteiger partial charge in [-0.2, -0.15) is 10.2 Å². The van der Waals surface area contributed by atoms with Gasteiger partial charge in [-0.25, -0.2) is 14.4 Å². The number of carboxylic acids is 1. The van der Waals surface area contributed by atoms with Crippen LogP contribution in [0.4, 0.5) is 9.59 Å². The number of nitrogens with one attached hydrogen (secondary N) is 1. The Balaban J connectivity index is 0.000000166. The Morgan fingerprint density at radius 1 is 0.760 bits per heavy atom. The number of ether oxygens (including phenoxy) is 2. The first-order chi connectivity index (χ1) is 23.1. The molecule has 2 aliphatic carbocycles. The van der Waals surface area contributed by atoms with E-state index in [1.54, 1.807) is 36.5 Å². The fourth-order valence-corrected chi connectivity index (χ4v) is 6.88. The first kappa shape index (κ1) is 37.4. The standard InChI is InChI=1S/C17H24N4O3.C12H17N3O4.C5H9N.ClH/c1-17(2,3)24-16(23)19-6-7-21-14(10-19)12(9-18-21)15(22)20-5-4-11-8-13(11)20;1-12(2,3)19-11(18)14-4-5-15-9(7-14)8(6-13-15)10(16)17;1-2-6-5-3-4(1)5;/h9,11,13H,4-8,10H2,1-3H3;6H,4-5,7H2,1-3H3,(H,16,17);4-6H,1-3H2;1H. The number of piperidine rings is 2. The van der Waals surface area contributed by atoms with E-state index in [0.717, 1.165) is 37.0 Å². The molecular formula is C34H51ClN8O7. The van der Waals surface area contributed by atoms with Crippen molar-refractivity contribution in [1.29, 1.82) is 0 Å². The summed E-state index contributed by atoms with van der Waals surface area (Å²) < 4.78 is 14.2. The molecule has 16 heteroatoms. The smallest absolute Gasteiger partial charge is 0.410 e. The summed E-state index contributed by atoms with van der Waals surface area (Å²) in [6.45, 7) is 15.7. The van der Waals surface area contributed by atoms with Crippen LogP contribution in [0.15, 0.2) is 12.4 Å². The van der Waals surface area contributed by atoms with E-state index >= 15 is 0 Å². The minimum Gasteiger partial charge on any atom is -0.478 e. The van der Waals surface area contributed by atoms with Gasteiger partial charge < -0.3 is 34.6 Å². The first-order valence-corrected chi connectivity index (χ1v) is 17.4. The second-order valence-electron chi connectivity index (χ2n) is 15.8. The molecule has 4 unspecified atom stereocenters. The number of carboxylic acid groups (broad SMARTS) is 1. The third kappa shape index (κ3) is 8.71. The number of carbonyl (C=O) groups is 4. The summed E-state index contributed by atoms with van der Waals surface area (Å²) in [5.74, 6) is 0.836. The number of aromatic nitrogens is 4. The van der Waals surface area contributed by atoms with Crippen LogP contribution in [0.3, 0.4) is 0 Å². The zero-order valence-electron chi connectivity index (χ0n) is 29.9. The van der Waals surface area contributed by atoms with Crippen LogP contribution in [0.1, 0.15) is 99.3 Å². The van der Waals surface area contributed by atoms with Crippen molar-refractivity contribution < 1.29 is 33.8 Å². The number of halogens is 1. The van der Waals surface area contributed by atoms with Gasteiger partial charge in [-0.05, 0) is 85.6 Å². The Labute approximate surface area is 299 Å². The quantitative estimate of drug-likeness (QED) is 0.464. The van der Waals surface area contributed by atoms with E-state index in [1.165, 1.54) is 30.5 Å². The molecule has 276 valence electrons. The Morgan fingerprint density at radius 2 is 1.30 bits per heavy atom. The topological polar surface area (TPSA) is 164 Å². The summed E-state index contributed by atoms with van der Waals surface area (Å²) in [6, 6.07) is 1.39. The first-order valence-electron chi connectivity index (χ1n) is 17.4. The van der Waals surface area contributed by atoms with Crippen molar-refractivity contribution in [3.63, 3.8) is 0 Å². The summed E-state index contributed by atoms with van der Waals surface area (Å²) >= 11 is 0. The van der Waals surface area contributed by atoms with E-state index in [0.29, 0.717) is 55.9 Å². The van der Waals surface area contributed by atoms with Crippen LogP contribution in [0.5, 0.6) is 0 Å². The number of likely N-dealkylation sites (tertiary alicyclic amines) is 1. The van der Waals surface area contributed by atoms with Crippen LogP contribution < -0.4 is 5.32 Å². The molecule has 4 aliphatic heterocycles. The van der Waals surface area contributed by atoms with Gasteiger partial charge in [0.15, 0.2) is 0 Å². The Bertz CT molecular complexity index is 1590. The van der Waals surface area contributed by atoms with Crippen molar-refractivity contribution in [2.45, 2.75) is 117 Å². The van der Waals surface area contributed by atoms with E-state index in [9.17, 15) is 19.2 Å². The van der Waals surface area contributed by atoms with E-state index in [1.807, 2.05) is 30.4 Å². The van der Waals surface area contributed by atoms with Crippen molar-refractivity contribution in [2.24, 2.45) is 11.8 Å². The average Bonchev–Trinajstić information content (AvgIpc) is 3.63. The van der Waals surface area contributed by atoms with Crippen LogP contribution in [-0.2, 0) is 35.7 Å². The highest BCUT2D eigenvalue weighted by molar-refractivity contribution is 5.96. The number of amides is 3. The van der Waals surface area contributed by atoms with Crippen LogP contribution >= 0.6 is 12.4 Å². The van der Waals surface area contributed by atoms with Crippen molar-refractivity contribution in [1.82, 2.24) is 39.6 Å². The highest BCUT2D eigenvalue weighted by Gasteiger charge is 2.49. The van der Waals surface area contributed by atoms with E-state index < -0.39 is 23.3 Å². The van der Waals surface area contributed by atoms with Gasteiger partial charge in [-0.3, -0.25) is 14.2 Å². The van der Waals surface area contributed by atoms with Gasteiger partial charge in [0.05, 0.1) is 55.5 Å². The maximum Gasteiger partial charge on any atom is 0.410 e. The van der Waals surface area contributed by atoms with Gasteiger partial charge in [0.2, 0.25) is 0 Å². The minimum atomic E-state index is -1.03. The zero-order valence-corrected chi connectivity index (χ0v) is 30.7. The molecule has 15 nitrogen and oxygen atoms in total. The monoisotopic (exact) mass is 718 g/mol. The SMILES string of the molecule is C1CC2CC2N1.CC(C)(C)OC(=O)N1CCn2ncc(C(=O)N3CCC4CC43)c2C1.CC(C)(C)OC(=O)N1CCn2ncc(C(=O)O)c2C1.Cl. The summed E-state index contributed by atoms with van der Waals surface area (Å²) in [5.41, 5.74) is 1.03. The van der Waals surface area contributed by atoms with E-state index in [2.05, 4.69) is 15.5 Å². The third-order valence-electron chi connectivity index (χ3n) is 9.64. The number of fused-ring (bicyclic) bond motifs is 4. The molecule has 6 heterocycles. The number of carbonyl (C=O) groups excluding carboxylic acids is 3. The number of aromatic carboxylic acids is 1. The van der Waals surface area contributed by atoms with Gasteiger partial charge in [0.25, 0.3) is 5.91 Å². The molecule has 50 heavy (non-hydrogen) atoms. The summed E-state index contributed by atoms with van der Waals surface area (Å²) in [7, 11) is 0. The maximum absolute atomic E-state index is 12.9. The fraction of sp³-hybridized carbons (Fsp3) is 0.706. The fourth-order valence-electron chi connectivity index (χ4n) is 6.88. The highest BCUT2D eigenvalue weighted by atomic mass is 35.5. The third-order valence-corrected chi connectivity index (χ3v) is 9.64. The molecule has 3 amide bonds. The lowest BCUT2D eigenvalue weighted by molar-refractivity contribution is 0.0183. The molecule has 8 rings (SSSR count). The van der Waals surface area contributed by atoms with Crippen LogP contribution in [-0.4, -0.2) is 113 Å². The maximum atomic E-state index is 12.9. The molecule has 6 aliphatic rings. The molecule has 0 aromatic carbocycles. The highest BCUT2D eigenvalue weighted by Crippen LogP contribution is 2.45. The number of rotatable bonds is 2. The molecule has 0 spiro atoms. The van der Waals surface area contributed by atoms with Crippen molar-refractivity contribution in [3.8, 4) is 0 Å². The Hall–Kier alpha value is -3.85. The van der Waals surface area contributed by atoms with Gasteiger partial charge in [-0.15, -0.1) is 12.4 Å². The molecule has 4 fully saturated rings. The Morgan fingerprint density at radius 3 is 1.68 bits per heavy atom. The van der Waals surface area contributed by atoms with Crippen molar-refractivity contribution >= 4 is 36.5 Å². The van der Waals surface area contributed by atoms with Crippen molar-refractivity contribution in [2.75, 3.05) is 26.2 Å². The molecule has 2 N–H and O–H groups in total. The summed E-state index contributed by atoms with van der Waals surface area (Å²) in [4.78, 5) is 53.3. The Kier molecular flexibility index (Phi) is 10.8. The molecule has 0 bridgehead atoms. The lowest BCUT2D eigenvalue weighted by Gasteiger charge is -2.31. The molecule has 4 atom stereocenters.